The SMILES string of the molecule is O=C(O)N1CCCC(CO)C1c1ccc(Cl)c(F)c1. The Balaban J connectivity index is 2.39. The summed E-state index contributed by atoms with van der Waals surface area (Å²) < 4.78 is 13.5. The van der Waals surface area contributed by atoms with Crippen molar-refractivity contribution in [2.75, 3.05) is 13.2 Å². The Morgan fingerprint density at radius 2 is 2.26 bits per heavy atom. The van der Waals surface area contributed by atoms with Gasteiger partial charge in [0.05, 0.1) is 11.1 Å². The first kappa shape index (κ1) is 14.1. The third kappa shape index (κ3) is 2.82. The molecule has 104 valence electrons. The molecule has 19 heavy (non-hydrogen) atoms. The van der Waals surface area contributed by atoms with Gasteiger partial charge in [0, 0.05) is 19.1 Å². The van der Waals surface area contributed by atoms with Crippen LogP contribution in [-0.4, -0.2) is 34.4 Å². The number of hydrogen-bond donors (Lipinski definition) is 2. The maximum atomic E-state index is 13.5. The van der Waals surface area contributed by atoms with Gasteiger partial charge < -0.3 is 15.1 Å². The molecule has 2 atom stereocenters. The van der Waals surface area contributed by atoms with E-state index in [0.717, 1.165) is 6.42 Å². The topological polar surface area (TPSA) is 60.8 Å². The maximum Gasteiger partial charge on any atom is 0.407 e. The first-order chi connectivity index (χ1) is 9.04. The Kier molecular flexibility index (Phi) is 4.27. The van der Waals surface area contributed by atoms with Crippen LogP contribution in [0.25, 0.3) is 0 Å². The predicted molar refractivity (Wildman–Crippen MR) is 68.7 cm³/mol. The van der Waals surface area contributed by atoms with Gasteiger partial charge in [-0.2, -0.15) is 0 Å². The molecule has 2 rings (SSSR count). The first-order valence-corrected chi connectivity index (χ1v) is 6.47. The summed E-state index contributed by atoms with van der Waals surface area (Å²) in [6.07, 6.45) is 0.359. The highest BCUT2D eigenvalue weighted by Crippen LogP contribution is 2.36. The number of rotatable bonds is 2. The molecule has 6 heteroatoms. The van der Waals surface area contributed by atoms with Gasteiger partial charge in [-0.1, -0.05) is 17.7 Å². The molecule has 1 aromatic rings. The van der Waals surface area contributed by atoms with E-state index in [-0.39, 0.29) is 17.5 Å². The molecule has 4 nitrogen and oxygen atoms in total. The van der Waals surface area contributed by atoms with Crippen LogP contribution in [0.1, 0.15) is 24.4 Å². The van der Waals surface area contributed by atoms with E-state index in [1.54, 1.807) is 6.07 Å². The fourth-order valence-electron chi connectivity index (χ4n) is 2.63. The minimum atomic E-state index is -1.06. The number of nitrogens with zero attached hydrogens (tertiary/aromatic N) is 1. The quantitative estimate of drug-likeness (QED) is 0.879. The Labute approximate surface area is 115 Å². The van der Waals surface area contributed by atoms with Crippen LogP contribution in [0.4, 0.5) is 9.18 Å². The fraction of sp³-hybridized carbons (Fsp3) is 0.462. The highest BCUT2D eigenvalue weighted by molar-refractivity contribution is 6.30. The maximum absolute atomic E-state index is 13.5. The van der Waals surface area contributed by atoms with Crippen molar-refractivity contribution < 1.29 is 19.4 Å². The largest absolute Gasteiger partial charge is 0.465 e. The number of piperidine rings is 1. The van der Waals surface area contributed by atoms with Crippen molar-refractivity contribution in [3.05, 3.63) is 34.6 Å². The molecule has 1 amide bonds. The minimum absolute atomic E-state index is 0.00184. The zero-order valence-corrected chi connectivity index (χ0v) is 11.0. The van der Waals surface area contributed by atoms with Crippen LogP contribution < -0.4 is 0 Å². The number of halogens is 2. The van der Waals surface area contributed by atoms with Gasteiger partial charge in [-0.3, -0.25) is 0 Å². The van der Waals surface area contributed by atoms with Crippen LogP contribution in [0, 0.1) is 11.7 Å². The van der Waals surface area contributed by atoms with Crippen molar-refractivity contribution in [2.45, 2.75) is 18.9 Å². The van der Waals surface area contributed by atoms with E-state index in [2.05, 4.69) is 0 Å². The molecule has 0 aromatic heterocycles. The second kappa shape index (κ2) is 5.75. The molecule has 0 saturated carbocycles. The van der Waals surface area contributed by atoms with Crippen molar-refractivity contribution in [1.29, 1.82) is 0 Å². The molecule has 0 spiro atoms. The van der Waals surface area contributed by atoms with Gasteiger partial charge in [0.15, 0.2) is 0 Å². The number of carboxylic acid groups (broad SMARTS) is 1. The Bertz CT molecular complexity index is 483. The van der Waals surface area contributed by atoms with Crippen LogP contribution in [-0.2, 0) is 0 Å². The summed E-state index contributed by atoms with van der Waals surface area (Å²) in [4.78, 5) is 12.5. The van der Waals surface area contributed by atoms with Crippen LogP contribution in [0.5, 0.6) is 0 Å². The molecule has 1 heterocycles. The second-order valence-electron chi connectivity index (χ2n) is 4.68. The zero-order valence-electron chi connectivity index (χ0n) is 10.2. The number of carbonyl (C=O) groups is 1. The molecular weight excluding hydrogens is 273 g/mol. The normalized spacial score (nSPS) is 23.4. The van der Waals surface area contributed by atoms with Crippen molar-refractivity contribution in [3.63, 3.8) is 0 Å². The molecule has 0 bridgehead atoms. The lowest BCUT2D eigenvalue weighted by Gasteiger charge is -2.39. The minimum Gasteiger partial charge on any atom is -0.465 e. The Morgan fingerprint density at radius 3 is 2.84 bits per heavy atom. The van der Waals surface area contributed by atoms with E-state index in [1.165, 1.54) is 17.0 Å². The molecule has 2 N–H and O–H groups in total. The molecule has 1 saturated heterocycles. The van der Waals surface area contributed by atoms with Crippen molar-refractivity contribution >= 4 is 17.7 Å². The van der Waals surface area contributed by atoms with E-state index in [4.69, 9.17) is 11.6 Å². The van der Waals surface area contributed by atoms with Crippen LogP contribution >= 0.6 is 11.6 Å². The highest BCUT2D eigenvalue weighted by Gasteiger charge is 2.35. The highest BCUT2D eigenvalue weighted by atomic mass is 35.5. The predicted octanol–water partition coefficient (Wildman–Crippen LogP) is 2.90. The van der Waals surface area contributed by atoms with E-state index in [1.807, 2.05) is 0 Å². The van der Waals surface area contributed by atoms with Gasteiger partial charge in [-0.05, 0) is 30.5 Å². The van der Waals surface area contributed by atoms with Crippen LogP contribution in [0.2, 0.25) is 5.02 Å². The van der Waals surface area contributed by atoms with E-state index < -0.39 is 18.0 Å². The molecule has 0 radical (unpaired) electrons. The summed E-state index contributed by atoms with van der Waals surface area (Å²) in [6.45, 7) is 0.263. The third-order valence-electron chi connectivity index (χ3n) is 3.52. The average molecular weight is 288 g/mol. The number of hydrogen-bond acceptors (Lipinski definition) is 2. The average Bonchev–Trinajstić information content (AvgIpc) is 2.41. The lowest BCUT2D eigenvalue weighted by molar-refractivity contribution is 0.0534. The van der Waals surface area contributed by atoms with E-state index >= 15 is 0 Å². The standard InChI is InChI=1S/C13H15ClFNO3/c14-10-4-3-8(6-11(10)15)12-9(7-17)2-1-5-16(12)13(18)19/h3-4,6,9,12,17H,1-2,5,7H2,(H,18,19). The molecule has 1 aromatic carbocycles. The molecule has 0 aliphatic carbocycles. The number of aliphatic hydroxyl groups excluding tert-OH is 1. The van der Waals surface area contributed by atoms with Gasteiger partial charge in [0.2, 0.25) is 0 Å². The van der Waals surface area contributed by atoms with Gasteiger partial charge in [0.25, 0.3) is 0 Å². The van der Waals surface area contributed by atoms with Crippen molar-refractivity contribution in [2.24, 2.45) is 5.92 Å². The van der Waals surface area contributed by atoms with Gasteiger partial charge in [-0.15, -0.1) is 0 Å². The van der Waals surface area contributed by atoms with Gasteiger partial charge in [-0.25, -0.2) is 9.18 Å². The second-order valence-corrected chi connectivity index (χ2v) is 5.09. The lowest BCUT2D eigenvalue weighted by Crippen LogP contribution is -2.43. The molecule has 1 aliphatic heterocycles. The van der Waals surface area contributed by atoms with Crippen molar-refractivity contribution in [1.82, 2.24) is 4.90 Å². The van der Waals surface area contributed by atoms with E-state index in [9.17, 15) is 19.4 Å². The number of amides is 1. The van der Waals surface area contributed by atoms with Crippen LogP contribution in [0.15, 0.2) is 18.2 Å². The van der Waals surface area contributed by atoms with Gasteiger partial charge >= 0.3 is 6.09 Å². The lowest BCUT2D eigenvalue weighted by atomic mass is 9.85. The number of benzene rings is 1. The fourth-order valence-corrected chi connectivity index (χ4v) is 2.75. The van der Waals surface area contributed by atoms with Crippen molar-refractivity contribution in [3.8, 4) is 0 Å². The molecule has 1 aliphatic rings. The number of likely N-dealkylation sites (tertiary alicyclic amines) is 1. The summed E-state index contributed by atoms with van der Waals surface area (Å²) in [5.41, 5.74) is 0.531. The Hall–Kier alpha value is -1.33. The first-order valence-electron chi connectivity index (χ1n) is 6.10. The summed E-state index contributed by atoms with van der Waals surface area (Å²) in [7, 11) is 0. The monoisotopic (exact) mass is 287 g/mol. The smallest absolute Gasteiger partial charge is 0.407 e. The molecule has 1 fully saturated rings. The van der Waals surface area contributed by atoms with E-state index in [0.29, 0.717) is 18.5 Å². The molecule has 2 unspecified atom stereocenters. The van der Waals surface area contributed by atoms with Crippen LogP contribution in [0.3, 0.4) is 0 Å². The Morgan fingerprint density at radius 1 is 1.53 bits per heavy atom. The summed E-state index contributed by atoms with van der Waals surface area (Å²) in [5.74, 6) is -0.794. The summed E-state index contributed by atoms with van der Waals surface area (Å²) >= 11 is 5.63. The zero-order chi connectivity index (χ0) is 14.0. The summed E-state index contributed by atoms with van der Waals surface area (Å²) in [5, 5.41) is 18.6. The number of aliphatic hydroxyl groups is 1. The third-order valence-corrected chi connectivity index (χ3v) is 3.83. The summed E-state index contributed by atoms with van der Waals surface area (Å²) in [6, 6.07) is 3.75. The molecular formula is C13H15ClFNO3. The van der Waals surface area contributed by atoms with Gasteiger partial charge in [0.1, 0.15) is 5.82 Å².